The quantitative estimate of drug-likeness (QED) is 0.0312. The number of hydrogen-bond donors (Lipinski definition) is 0. The van der Waals surface area contributed by atoms with Gasteiger partial charge in [0.25, 0.3) is 0 Å². The molecular weight excluding hydrogens is 1440 g/mol. The van der Waals surface area contributed by atoms with Gasteiger partial charge in [-0.05, 0) is 94.7 Å². The smallest absolute Gasteiger partial charge is 0.469 e. The van der Waals surface area contributed by atoms with Crippen LogP contribution in [0.2, 0.25) is 48.4 Å². The van der Waals surface area contributed by atoms with Crippen LogP contribution in [0.4, 0.5) is 0 Å². The summed E-state index contributed by atoms with van der Waals surface area (Å²) >= 11 is 0. The van der Waals surface area contributed by atoms with Crippen molar-refractivity contribution in [1.29, 1.82) is 0 Å². The molecular formula is C64H120O28Si8. The maximum absolute atomic E-state index is 13.5. The minimum Gasteiger partial charge on any atom is -0.469 e. The van der Waals surface area contributed by atoms with Gasteiger partial charge in [0.1, 0.15) is 0 Å². The fourth-order valence-corrected chi connectivity index (χ4v) is 66.3. The lowest BCUT2D eigenvalue weighted by atomic mass is 9.86. The van der Waals surface area contributed by atoms with E-state index in [-0.39, 0.29) is 151 Å². The van der Waals surface area contributed by atoms with Crippen molar-refractivity contribution in [3.63, 3.8) is 0 Å². The van der Waals surface area contributed by atoms with Crippen molar-refractivity contribution in [2.75, 3.05) is 56.9 Å². The number of hydrogen-bond acceptors (Lipinski definition) is 28. The predicted molar refractivity (Wildman–Crippen MR) is 378 cm³/mol. The maximum atomic E-state index is 13.5. The Kier molecular flexibility index (Phi) is 29.3. The Morgan fingerprint density at radius 2 is 0.270 bits per heavy atom. The third-order valence-corrected chi connectivity index (χ3v) is 56.2. The highest BCUT2D eigenvalue weighted by Gasteiger charge is 2.83. The first-order valence-electron chi connectivity index (χ1n) is 34.7. The van der Waals surface area contributed by atoms with E-state index in [1.165, 1.54) is 56.9 Å². The molecule has 8 bridgehead atoms. The second-order valence-corrected chi connectivity index (χ2v) is 58.8. The van der Waals surface area contributed by atoms with E-state index in [2.05, 4.69) is 0 Å². The zero-order valence-corrected chi connectivity index (χ0v) is 72.4. The highest BCUT2D eigenvalue weighted by Crippen LogP contribution is 2.58. The molecule has 0 amide bonds. The van der Waals surface area contributed by atoms with Crippen molar-refractivity contribution in [1.82, 2.24) is 0 Å². The largest absolute Gasteiger partial charge is 0.478 e. The molecule has 36 heteroatoms. The van der Waals surface area contributed by atoms with E-state index < -0.39 is 162 Å². The number of rotatable bonds is 40. The number of carbonyl (C=O) groups excluding carboxylic acids is 8. The molecule has 6 rings (SSSR count). The summed E-state index contributed by atoms with van der Waals surface area (Å²) in [5, 5.41) is 0. The van der Waals surface area contributed by atoms with E-state index in [1.807, 2.05) is 111 Å². The normalized spacial score (nSPS) is 27.9. The summed E-state index contributed by atoms with van der Waals surface area (Å²) in [5.74, 6) is -3.90. The molecule has 0 aromatic heterocycles. The fourth-order valence-electron chi connectivity index (χ4n) is 12.9. The number of methoxy groups -OCH3 is 8. The van der Waals surface area contributed by atoms with E-state index in [9.17, 15) is 38.4 Å². The van der Waals surface area contributed by atoms with Crippen molar-refractivity contribution < 1.29 is 126 Å². The molecule has 6 fully saturated rings. The van der Waals surface area contributed by atoms with Crippen molar-refractivity contribution in [2.45, 2.75) is 262 Å². The van der Waals surface area contributed by atoms with E-state index in [0.717, 1.165) is 0 Å². The Morgan fingerprint density at radius 1 is 0.190 bits per heavy atom. The van der Waals surface area contributed by atoms with Gasteiger partial charge in [0.05, 0.1) is 108 Å². The van der Waals surface area contributed by atoms with Gasteiger partial charge in [0.2, 0.25) is 0 Å². The molecule has 0 spiro atoms. The van der Waals surface area contributed by atoms with Gasteiger partial charge in [0.15, 0.2) is 0 Å². The highest BCUT2D eigenvalue weighted by molar-refractivity contribution is 7.03. The van der Waals surface area contributed by atoms with Crippen LogP contribution in [0.5, 0.6) is 0 Å². The van der Waals surface area contributed by atoms with Crippen LogP contribution in [0.1, 0.15) is 214 Å². The summed E-state index contributed by atoms with van der Waals surface area (Å²) in [7, 11) is -29.4. The molecule has 6 aliphatic heterocycles. The molecule has 0 aromatic rings. The summed E-state index contributed by atoms with van der Waals surface area (Å²) in [4.78, 5) is 108. The molecule has 100 heavy (non-hydrogen) atoms. The van der Waals surface area contributed by atoms with Crippen LogP contribution in [-0.2, 0) is 126 Å². The first-order valence-corrected chi connectivity index (χ1v) is 50.2. The van der Waals surface area contributed by atoms with Crippen LogP contribution < -0.4 is 0 Å². The van der Waals surface area contributed by atoms with Gasteiger partial charge in [-0.15, -0.1) is 0 Å². The van der Waals surface area contributed by atoms with Crippen LogP contribution >= 0.6 is 0 Å². The van der Waals surface area contributed by atoms with E-state index >= 15 is 0 Å². The molecule has 0 N–H and O–H groups in total. The molecule has 0 unspecified atom stereocenters. The van der Waals surface area contributed by atoms with E-state index in [1.54, 1.807) is 0 Å². The van der Waals surface area contributed by atoms with Crippen molar-refractivity contribution in [2.24, 2.45) is 43.3 Å². The Morgan fingerprint density at radius 3 is 0.340 bits per heavy atom. The summed E-state index contributed by atoms with van der Waals surface area (Å²) in [5.41, 5.74) is -7.05. The Bertz CT molecular complexity index is 2250. The fraction of sp³-hybridized carbons (Fsp3) is 0.875. The van der Waals surface area contributed by atoms with Gasteiger partial charge in [0, 0.05) is 48.4 Å². The number of ether oxygens (including phenoxy) is 8. The molecule has 6 saturated heterocycles. The summed E-state index contributed by atoms with van der Waals surface area (Å²) in [6.45, 7) is 30.4. The van der Waals surface area contributed by atoms with Crippen LogP contribution in [0.15, 0.2) is 0 Å². The van der Waals surface area contributed by atoms with Gasteiger partial charge in [-0.2, -0.15) is 0 Å². The monoisotopic (exact) mass is 1560 g/mol. The minimum atomic E-state index is -4.99. The third kappa shape index (κ3) is 25.6. The van der Waals surface area contributed by atoms with Crippen molar-refractivity contribution in [3.05, 3.63) is 0 Å². The summed E-state index contributed by atoms with van der Waals surface area (Å²) in [6.07, 6.45) is 0.617. The Balaban J connectivity index is 2.17. The lowest BCUT2D eigenvalue weighted by molar-refractivity contribution is -0.143. The van der Waals surface area contributed by atoms with E-state index in [0.29, 0.717) is 0 Å². The van der Waals surface area contributed by atoms with Gasteiger partial charge >= 0.3 is 118 Å². The molecule has 0 atom stereocenters. The second kappa shape index (κ2) is 33.4. The first kappa shape index (κ1) is 87.6. The Labute approximate surface area is 602 Å². The van der Waals surface area contributed by atoms with Gasteiger partial charge < -0.3 is 87.3 Å². The van der Waals surface area contributed by atoms with Crippen molar-refractivity contribution >= 4 is 118 Å². The van der Waals surface area contributed by atoms with E-state index in [4.69, 9.17) is 87.3 Å². The third-order valence-electron chi connectivity index (χ3n) is 19.4. The number of carbonyl (C=O) groups is 8. The maximum Gasteiger partial charge on any atom is 0.478 e. The average Bonchev–Trinajstić information content (AvgIpc) is 0.685. The SMILES string of the molecule is COC(=O)CC(C)(C)CC[Si]12O[Si]3(CCC(C)(C)CC(=O)OC)O[Si]4(CCC(C)(C)CC(=O)OC)O[Si](CCC(C)(C)CC(=O)OC)(O1)O[Si]1(CCC(C)(C)CC(=O)OC)O[Si](CCC(C)(C)CC(=O)OC)(O2)O[Si](CCC(C)(C)CC(=O)OC)(O3)O[Si](CCC(C)(C)CC(=O)OC)(O4)O1. The molecule has 28 nitrogen and oxygen atoms in total. The lowest BCUT2D eigenvalue weighted by Crippen LogP contribution is -2.88. The zero-order chi connectivity index (χ0) is 75.7. The predicted octanol–water partition coefficient (Wildman–Crippen LogP) is 11.6. The molecule has 0 saturated carbocycles. The molecule has 0 aliphatic carbocycles. The summed E-state index contributed by atoms with van der Waals surface area (Å²) < 4.78 is 141. The molecule has 576 valence electrons. The lowest BCUT2D eigenvalue weighted by Gasteiger charge is -2.64. The van der Waals surface area contributed by atoms with Crippen molar-refractivity contribution in [3.8, 4) is 0 Å². The van der Waals surface area contributed by atoms with Crippen LogP contribution in [-0.4, -0.2) is 175 Å². The highest BCUT2D eigenvalue weighted by atomic mass is 28.6. The van der Waals surface area contributed by atoms with Crippen LogP contribution in [0.25, 0.3) is 0 Å². The van der Waals surface area contributed by atoms with Crippen LogP contribution in [0.3, 0.4) is 0 Å². The number of esters is 8. The first-order chi connectivity index (χ1) is 45.8. The molecule has 0 aromatic carbocycles. The zero-order valence-electron chi connectivity index (χ0n) is 64.4. The topological polar surface area (TPSA) is 321 Å². The van der Waals surface area contributed by atoms with Gasteiger partial charge in [-0.1, -0.05) is 111 Å². The second-order valence-electron chi connectivity index (χ2n) is 34.0. The molecule has 0 radical (unpaired) electrons. The van der Waals surface area contributed by atoms with Crippen LogP contribution in [0, 0.1) is 43.3 Å². The molecule has 6 aliphatic rings. The van der Waals surface area contributed by atoms with Gasteiger partial charge in [-0.3, -0.25) is 38.4 Å². The minimum absolute atomic E-state index is 0.0648. The summed E-state index contributed by atoms with van der Waals surface area (Å²) in [6, 6.07) is -0.867. The van der Waals surface area contributed by atoms with Gasteiger partial charge in [-0.25, -0.2) is 0 Å². The molecule has 6 heterocycles. The standard InChI is InChI=1S/C64H120O28Si8/c1-57(2,41-49(65)73-17)25-33-93-81-94(34-26-58(3,4)42-50(66)74-18)84-97(37-29-61(9,10)45-53(69)77-21)86-95(82-93,35-27-59(5,6)43-51(67)75-19)88-99(39-31-63(13,14)47-55(71)79-23)89-96(83-93,36-28-60(7,8)44-52(68)76-20)87-98(85-94,38-30-62(11,12)46-54(70)78-22)91-100(90-97,92-99)40-32-64(15,16)48-56(72)80-24/h25-48H2,1-24H3. The average molecular weight is 1560 g/mol. The Hall–Kier alpha value is -2.98.